The van der Waals surface area contributed by atoms with Crippen LogP contribution in [0.15, 0.2) is 57.9 Å². The van der Waals surface area contributed by atoms with E-state index in [1.165, 1.54) is 0 Å². The van der Waals surface area contributed by atoms with Crippen molar-refractivity contribution in [1.82, 2.24) is 0 Å². The summed E-state index contributed by atoms with van der Waals surface area (Å²) < 4.78 is 25.2. The van der Waals surface area contributed by atoms with Crippen molar-refractivity contribution in [3.05, 3.63) is 58.6 Å². The monoisotopic (exact) mass is 351 g/mol. The van der Waals surface area contributed by atoms with Crippen LogP contribution in [0.2, 0.25) is 0 Å². The van der Waals surface area contributed by atoms with Crippen molar-refractivity contribution in [1.29, 1.82) is 0 Å². The zero-order chi connectivity index (χ0) is 14.2. The second kappa shape index (κ2) is 5.22. The third-order valence-corrected chi connectivity index (χ3v) is 5.83. The van der Waals surface area contributed by atoms with Gasteiger partial charge in [-0.2, -0.15) is 0 Å². The summed E-state index contributed by atoms with van der Waals surface area (Å²) in [6.07, 6.45) is 0.593. The SMILES string of the molecule is O=S1(=O)CCC(Nc2ccc(Br)cc2)c2ccccc21. The van der Waals surface area contributed by atoms with Crippen molar-refractivity contribution in [2.75, 3.05) is 11.1 Å². The Kier molecular flexibility index (Phi) is 3.56. The Labute approximate surface area is 127 Å². The number of benzene rings is 2. The summed E-state index contributed by atoms with van der Waals surface area (Å²) in [4.78, 5) is 0.459. The summed E-state index contributed by atoms with van der Waals surface area (Å²) in [5, 5.41) is 3.42. The first-order valence-corrected chi connectivity index (χ1v) is 8.84. The number of sulfone groups is 1. The molecule has 0 aromatic heterocycles. The molecule has 0 saturated heterocycles. The van der Waals surface area contributed by atoms with Gasteiger partial charge in [-0.05, 0) is 42.3 Å². The standard InChI is InChI=1S/C15H14BrNO2S/c16-11-5-7-12(8-6-11)17-14-9-10-20(18,19)15-4-2-1-3-13(14)15/h1-8,14,17H,9-10H2. The van der Waals surface area contributed by atoms with Crippen molar-refractivity contribution in [2.45, 2.75) is 17.4 Å². The summed E-state index contributed by atoms with van der Waals surface area (Å²) in [5.74, 6) is 0.193. The van der Waals surface area contributed by atoms with Gasteiger partial charge in [0.1, 0.15) is 0 Å². The van der Waals surface area contributed by atoms with Gasteiger partial charge >= 0.3 is 0 Å². The fraction of sp³-hybridized carbons (Fsp3) is 0.200. The van der Waals surface area contributed by atoms with Gasteiger partial charge in [-0.25, -0.2) is 8.42 Å². The fourth-order valence-corrected chi connectivity index (χ4v) is 4.37. The first-order chi connectivity index (χ1) is 9.56. The van der Waals surface area contributed by atoms with E-state index in [1.54, 1.807) is 12.1 Å². The molecule has 3 nitrogen and oxygen atoms in total. The van der Waals surface area contributed by atoms with Gasteiger partial charge < -0.3 is 5.32 Å². The van der Waals surface area contributed by atoms with Gasteiger partial charge in [-0.15, -0.1) is 0 Å². The topological polar surface area (TPSA) is 46.2 Å². The summed E-state index contributed by atoms with van der Waals surface area (Å²) in [7, 11) is -3.12. The van der Waals surface area contributed by atoms with Crippen LogP contribution in [0, 0.1) is 0 Å². The quantitative estimate of drug-likeness (QED) is 0.895. The minimum absolute atomic E-state index is 0.0379. The predicted octanol–water partition coefficient (Wildman–Crippen LogP) is 3.78. The minimum atomic E-state index is -3.12. The number of anilines is 1. The van der Waals surface area contributed by atoms with Crippen molar-refractivity contribution >= 4 is 31.5 Å². The van der Waals surface area contributed by atoms with Crippen molar-refractivity contribution in [3.8, 4) is 0 Å². The number of halogens is 1. The third-order valence-electron chi connectivity index (χ3n) is 3.49. The van der Waals surface area contributed by atoms with E-state index in [0.29, 0.717) is 11.3 Å². The molecule has 1 heterocycles. The van der Waals surface area contributed by atoms with Crippen LogP contribution >= 0.6 is 15.9 Å². The molecule has 1 aliphatic rings. The molecule has 0 amide bonds. The molecule has 0 fully saturated rings. The lowest BCUT2D eigenvalue weighted by molar-refractivity contribution is 0.576. The van der Waals surface area contributed by atoms with E-state index in [4.69, 9.17) is 0 Å². The third kappa shape index (κ3) is 2.60. The molecule has 104 valence electrons. The summed E-state index contributed by atoms with van der Waals surface area (Å²) in [5.41, 5.74) is 1.86. The smallest absolute Gasteiger partial charge is 0.178 e. The van der Waals surface area contributed by atoms with Crippen LogP contribution < -0.4 is 5.32 Å². The Morgan fingerprint density at radius 2 is 1.75 bits per heavy atom. The van der Waals surface area contributed by atoms with Crippen LogP contribution in [0.5, 0.6) is 0 Å². The van der Waals surface area contributed by atoms with E-state index in [9.17, 15) is 8.42 Å². The van der Waals surface area contributed by atoms with E-state index in [1.807, 2.05) is 36.4 Å². The van der Waals surface area contributed by atoms with Gasteiger partial charge in [0.2, 0.25) is 0 Å². The molecule has 20 heavy (non-hydrogen) atoms. The lowest BCUT2D eigenvalue weighted by atomic mass is 10.0. The maximum atomic E-state index is 12.1. The Morgan fingerprint density at radius 3 is 2.50 bits per heavy atom. The van der Waals surface area contributed by atoms with E-state index >= 15 is 0 Å². The highest BCUT2D eigenvalue weighted by Gasteiger charge is 2.29. The molecule has 3 rings (SSSR count). The molecule has 0 spiro atoms. The highest BCUT2D eigenvalue weighted by Crippen LogP contribution is 2.34. The highest BCUT2D eigenvalue weighted by atomic mass is 79.9. The molecule has 1 unspecified atom stereocenters. The van der Waals surface area contributed by atoms with Crippen molar-refractivity contribution in [2.24, 2.45) is 0 Å². The molecule has 1 atom stereocenters. The van der Waals surface area contributed by atoms with Gasteiger partial charge in [0, 0.05) is 10.2 Å². The van der Waals surface area contributed by atoms with Crippen LogP contribution in [-0.2, 0) is 9.84 Å². The van der Waals surface area contributed by atoms with Crippen molar-refractivity contribution in [3.63, 3.8) is 0 Å². The number of rotatable bonds is 2. The van der Waals surface area contributed by atoms with Crippen LogP contribution in [-0.4, -0.2) is 14.2 Å². The van der Waals surface area contributed by atoms with E-state index in [0.717, 1.165) is 15.7 Å². The van der Waals surface area contributed by atoms with Gasteiger partial charge in [-0.1, -0.05) is 34.1 Å². The molecule has 0 bridgehead atoms. The average molecular weight is 352 g/mol. The maximum Gasteiger partial charge on any atom is 0.178 e. The van der Waals surface area contributed by atoms with Gasteiger partial charge in [-0.3, -0.25) is 0 Å². The molecule has 0 aliphatic carbocycles. The molecule has 0 saturated carbocycles. The number of hydrogen-bond donors (Lipinski definition) is 1. The largest absolute Gasteiger partial charge is 0.378 e. The van der Waals surface area contributed by atoms with Crippen LogP contribution in [0.4, 0.5) is 5.69 Å². The highest BCUT2D eigenvalue weighted by molar-refractivity contribution is 9.10. The van der Waals surface area contributed by atoms with Crippen LogP contribution in [0.1, 0.15) is 18.0 Å². The van der Waals surface area contributed by atoms with E-state index < -0.39 is 9.84 Å². The average Bonchev–Trinajstić information content (AvgIpc) is 2.45. The summed E-state index contributed by atoms with van der Waals surface area (Å²) >= 11 is 3.40. The van der Waals surface area contributed by atoms with Gasteiger partial charge in [0.05, 0.1) is 16.7 Å². The van der Waals surface area contributed by atoms with Crippen LogP contribution in [0.3, 0.4) is 0 Å². The molecule has 1 N–H and O–H groups in total. The molecule has 5 heteroatoms. The Balaban J connectivity index is 1.94. The van der Waals surface area contributed by atoms with Gasteiger partial charge in [0.25, 0.3) is 0 Å². The Morgan fingerprint density at radius 1 is 1.05 bits per heavy atom. The second-order valence-corrected chi connectivity index (χ2v) is 7.84. The van der Waals surface area contributed by atoms with Gasteiger partial charge in [0.15, 0.2) is 9.84 Å². The molecule has 2 aromatic carbocycles. The predicted molar refractivity (Wildman–Crippen MR) is 83.6 cm³/mol. The lowest BCUT2D eigenvalue weighted by Gasteiger charge is -2.27. The fourth-order valence-electron chi connectivity index (χ4n) is 2.49. The lowest BCUT2D eigenvalue weighted by Crippen LogP contribution is -2.24. The second-order valence-electron chi connectivity index (χ2n) is 4.85. The summed E-state index contributed by atoms with van der Waals surface area (Å²) in [6, 6.07) is 15.2. The molecule has 1 aliphatic heterocycles. The molecular weight excluding hydrogens is 338 g/mol. The zero-order valence-electron chi connectivity index (χ0n) is 10.7. The van der Waals surface area contributed by atoms with Crippen LogP contribution in [0.25, 0.3) is 0 Å². The first-order valence-electron chi connectivity index (χ1n) is 6.40. The van der Waals surface area contributed by atoms with Crippen molar-refractivity contribution < 1.29 is 8.42 Å². The molecule has 0 radical (unpaired) electrons. The van der Waals surface area contributed by atoms with E-state index in [-0.39, 0.29) is 11.8 Å². The molecule has 2 aromatic rings. The Hall–Kier alpha value is -1.33. The molecular formula is C15H14BrNO2S. The first kappa shape index (κ1) is 13.6. The number of nitrogens with one attached hydrogen (secondary N) is 1. The normalized spacial score (nSPS) is 20.1. The zero-order valence-corrected chi connectivity index (χ0v) is 13.1. The number of hydrogen-bond acceptors (Lipinski definition) is 3. The number of fused-ring (bicyclic) bond motifs is 1. The maximum absolute atomic E-state index is 12.1. The van der Waals surface area contributed by atoms with E-state index in [2.05, 4.69) is 21.2 Å². The minimum Gasteiger partial charge on any atom is -0.378 e. The summed E-state index contributed by atoms with van der Waals surface area (Å²) in [6.45, 7) is 0. The Bertz CT molecular complexity index is 726.